The fourth-order valence-corrected chi connectivity index (χ4v) is 8.32. The van der Waals surface area contributed by atoms with Crippen LogP contribution < -0.4 is 5.32 Å². The molecule has 0 bridgehead atoms. The standard InChI is InChI=1S/C51H93NO13/c1-3-5-7-9-11-13-15-16-17-18-19-20-21-22-23-24-25-26-28-30-32-34-40(55)39(52-43(56)35-33-31-29-27-14-12-10-8-6-4-2)38-62-50-48(61)46(59)49(42(37-54)64-50)65-51-47(60)45(58)44(57)41(36-53)63-51/h21-22,25-26,32,34,39-42,44-51,53-55,57-61H,3-20,23-24,27-31,33,35-38H2,1-2H3,(H,52,56)/b22-21+,26-25+,34-32+. The van der Waals surface area contributed by atoms with Crippen molar-refractivity contribution in [2.24, 2.45) is 0 Å². The van der Waals surface area contributed by atoms with Crippen LogP contribution in [0.4, 0.5) is 0 Å². The number of amides is 1. The summed E-state index contributed by atoms with van der Waals surface area (Å²) in [6.07, 6.45) is 26.3. The molecule has 2 aliphatic rings. The Morgan fingerprint density at radius 3 is 1.51 bits per heavy atom. The van der Waals surface area contributed by atoms with Crippen molar-refractivity contribution in [2.45, 2.75) is 261 Å². The van der Waals surface area contributed by atoms with Gasteiger partial charge in [0.2, 0.25) is 5.91 Å². The second-order valence-corrected chi connectivity index (χ2v) is 18.3. The third kappa shape index (κ3) is 25.4. The zero-order valence-corrected chi connectivity index (χ0v) is 40.2. The second-order valence-electron chi connectivity index (χ2n) is 18.3. The van der Waals surface area contributed by atoms with Crippen molar-refractivity contribution in [1.82, 2.24) is 5.32 Å². The highest BCUT2D eigenvalue weighted by Crippen LogP contribution is 2.30. The van der Waals surface area contributed by atoms with Crippen molar-refractivity contribution in [3.05, 3.63) is 36.5 Å². The summed E-state index contributed by atoms with van der Waals surface area (Å²) in [5.74, 6) is -0.257. The lowest BCUT2D eigenvalue weighted by atomic mass is 9.97. The highest BCUT2D eigenvalue weighted by Gasteiger charge is 2.51. The molecule has 2 heterocycles. The summed E-state index contributed by atoms with van der Waals surface area (Å²) in [5.41, 5.74) is 0. The number of ether oxygens (including phenoxy) is 4. The molecule has 2 fully saturated rings. The van der Waals surface area contributed by atoms with Crippen molar-refractivity contribution in [1.29, 1.82) is 0 Å². The maximum atomic E-state index is 13.1. The Bertz CT molecular complexity index is 1230. The van der Waals surface area contributed by atoms with E-state index in [-0.39, 0.29) is 18.9 Å². The molecule has 12 atom stereocenters. The van der Waals surface area contributed by atoms with Gasteiger partial charge in [-0.05, 0) is 44.9 Å². The number of rotatable bonds is 39. The first-order chi connectivity index (χ1) is 31.6. The van der Waals surface area contributed by atoms with E-state index in [9.17, 15) is 45.6 Å². The number of unbranched alkanes of at least 4 members (excludes halogenated alkanes) is 22. The van der Waals surface area contributed by atoms with E-state index in [0.717, 1.165) is 44.9 Å². The zero-order chi connectivity index (χ0) is 47.5. The summed E-state index contributed by atoms with van der Waals surface area (Å²) in [6.45, 7) is 2.73. The van der Waals surface area contributed by atoms with Gasteiger partial charge in [-0.15, -0.1) is 0 Å². The van der Waals surface area contributed by atoms with Gasteiger partial charge in [-0.25, -0.2) is 0 Å². The average Bonchev–Trinajstić information content (AvgIpc) is 3.30. The van der Waals surface area contributed by atoms with E-state index >= 15 is 0 Å². The number of nitrogens with one attached hydrogen (secondary N) is 1. The largest absolute Gasteiger partial charge is 0.394 e. The number of hydrogen-bond acceptors (Lipinski definition) is 13. The molecule has 14 nitrogen and oxygen atoms in total. The van der Waals surface area contributed by atoms with Crippen molar-refractivity contribution < 1.29 is 64.6 Å². The maximum Gasteiger partial charge on any atom is 0.220 e. The van der Waals surface area contributed by atoms with Crippen LogP contribution in [0.5, 0.6) is 0 Å². The average molecular weight is 928 g/mol. The SMILES string of the molecule is CCCCCCCCCCCCC/C=C/CC/C=C/CC/C=C/C(O)C(COC1OC(CO)C(OC2OC(CO)C(O)C(O)C2O)C(O)C1O)NC(=O)CCCCCCCCCCCC. The number of allylic oxidation sites excluding steroid dienone is 5. The fraction of sp³-hybridized carbons (Fsp3) is 0.863. The summed E-state index contributed by atoms with van der Waals surface area (Å²) < 4.78 is 22.6. The molecule has 0 aromatic heterocycles. The minimum Gasteiger partial charge on any atom is -0.394 e. The van der Waals surface area contributed by atoms with E-state index in [4.69, 9.17) is 18.9 Å². The third-order valence-electron chi connectivity index (χ3n) is 12.6. The topological polar surface area (TPSA) is 228 Å². The van der Waals surface area contributed by atoms with Crippen LogP contribution >= 0.6 is 0 Å². The van der Waals surface area contributed by atoms with Crippen LogP contribution in [0.3, 0.4) is 0 Å². The van der Waals surface area contributed by atoms with Crippen LogP contribution in [0, 0.1) is 0 Å². The predicted octanol–water partition coefficient (Wildman–Crippen LogP) is 6.71. The molecule has 0 spiro atoms. The molecular weight excluding hydrogens is 835 g/mol. The quantitative estimate of drug-likeness (QED) is 0.0231. The van der Waals surface area contributed by atoms with Crippen LogP contribution in [0.15, 0.2) is 36.5 Å². The van der Waals surface area contributed by atoms with E-state index in [2.05, 4.69) is 43.5 Å². The normalized spacial score (nSPS) is 27.3. The smallest absolute Gasteiger partial charge is 0.220 e. The van der Waals surface area contributed by atoms with Crippen molar-refractivity contribution in [2.75, 3.05) is 19.8 Å². The fourth-order valence-electron chi connectivity index (χ4n) is 8.32. The second kappa shape index (κ2) is 38.1. The monoisotopic (exact) mass is 928 g/mol. The Morgan fingerprint density at radius 1 is 0.538 bits per heavy atom. The van der Waals surface area contributed by atoms with E-state index in [1.54, 1.807) is 6.08 Å². The van der Waals surface area contributed by atoms with Crippen LogP contribution in [-0.2, 0) is 23.7 Å². The van der Waals surface area contributed by atoms with Gasteiger partial charge in [0.15, 0.2) is 12.6 Å². The molecule has 0 aromatic rings. The van der Waals surface area contributed by atoms with E-state index in [1.807, 2.05) is 6.08 Å². The Labute approximate surface area is 391 Å². The lowest BCUT2D eigenvalue weighted by molar-refractivity contribution is -0.359. The summed E-state index contributed by atoms with van der Waals surface area (Å²) >= 11 is 0. The van der Waals surface area contributed by atoms with Gasteiger partial charge in [0.1, 0.15) is 48.8 Å². The first-order valence-corrected chi connectivity index (χ1v) is 25.7. The summed E-state index contributed by atoms with van der Waals surface area (Å²) in [5, 5.41) is 86.6. The Kier molecular flexibility index (Phi) is 34.8. The lowest BCUT2D eigenvalue weighted by Gasteiger charge is -2.46. The van der Waals surface area contributed by atoms with Gasteiger partial charge in [0.05, 0.1) is 32.0 Å². The Morgan fingerprint density at radius 2 is 0.985 bits per heavy atom. The molecule has 2 rings (SSSR count). The first-order valence-electron chi connectivity index (χ1n) is 25.7. The molecule has 14 heteroatoms. The highest BCUT2D eigenvalue weighted by atomic mass is 16.7. The molecular formula is C51H93NO13. The summed E-state index contributed by atoms with van der Waals surface area (Å²) in [4.78, 5) is 13.1. The van der Waals surface area contributed by atoms with Gasteiger partial charge in [0, 0.05) is 6.42 Å². The minimum absolute atomic E-state index is 0.257. The lowest BCUT2D eigenvalue weighted by Crippen LogP contribution is -2.65. The van der Waals surface area contributed by atoms with Crippen molar-refractivity contribution in [3.8, 4) is 0 Å². The summed E-state index contributed by atoms with van der Waals surface area (Å²) in [6, 6.07) is -0.932. The first kappa shape index (κ1) is 59.3. The number of hydrogen-bond donors (Lipinski definition) is 9. The van der Waals surface area contributed by atoms with Crippen LogP contribution in [0.25, 0.3) is 0 Å². The van der Waals surface area contributed by atoms with Gasteiger partial charge in [0.25, 0.3) is 0 Å². The van der Waals surface area contributed by atoms with Gasteiger partial charge in [-0.1, -0.05) is 172 Å². The molecule has 12 unspecified atom stereocenters. The predicted molar refractivity (Wildman–Crippen MR) is 254 cm³/mol. The van der Waals surface area contributed by atoms with Crippen molar-refractivity contribution >= 4 is 5.91 Å². The highest BCUT2D eigenvalue weighted by molar-refractivity contribution is 5.76. The molecule has 0 aliphatic carbocycles. The number of carbonyl (C=O) groups is 1. The molecule has 380 valence electrons. The van der Waals surface area contributed by atoms with Crippen molar-refractivity contribution in [3.63, 3.8) is 0 Å². The van der Waals surface area contributed by atoms with E-state index in [0.29, 0.717) is 12.8 Å². The Balaban J connectivity index is 1.84. The maximum absolute atomic E-state index is 13.1. The molecule has 2 saturated heterocycles. The third-order valence-corrected chi connectivity index (χ3v) is 12.6. The molecule has 0 radical (unpaired) electrons. The number of aliphatic hydroxyl groups excluding tert-OH is 8. The van der Waals surface area contributed by atoms with Crippen LogP contribution in [0.2, 0.25) is 0 Å². The van der Waals surface area contributed by atoms with Gasteiger partial charge in [-0.2, -0.15) is 0 Å². The molecule has 9 N–H and O–H groups in total. The number of carbonyl (C=O) groups excluding carboxylic acids is 1. The van der Waals surface area contributed by atoms with E-state index < -0.39 is 86.8 Å². The minimum atomic E-state index is -1.79. The van der Waals surface area contributed by atoms with Gasteiger partial charge >= 0.3 is 0 Å². The van der Waals surface area contributed by atoms with Gasteiger partial charge < -0.3 is 65.1 Å². The molecule has 65 heavy (non-hydrogen) atoms. The molecule has 1 amide bonds. The summed E-state index contributed by atoms with van der Waals surface area (Å²) in [7, 11) is 0. The number of aliphatic hydroxyl groups is 8. The molecule has 0 saturated carbocycles. The molecule has 2 aliphatic heterocycles. The Hall–Kier alpha value is -1.79. The van der Waals surface area contributed by atoms with Crippen LogP contribution in [0.1, 0.15) is 187 Å². The van der Waals surface area contributed by atoms with E-state index in [1.165, 1.54) is 109 Å². The zero-order valence-electron chi connectivity index (χ0n) is 40.2. The van der Waals surface area contributed by atoms with Gasteiger partial charge in [-0.3, -0.25) is 4.79 Å². The molecule has 0 aromatic carbocycles. The van der Waals surface area contributed by atoms with Crippen LogP contribution in [-0.4, -0.2) is 140 Å².